The molecule has 2 atom stereocenters. The Kier molecular flexibility index (Phi) is 4.00. The van der Waals surface area contributed by atoms with Crippen molar-refractivity contribution < 1.29 is 9.18 Å². The topological polar surface area (TPSA) is 43.1 Å². The van der Waals surface area contributed by atoms with Crippen LogP contribution in [0.1, 0.15) is 49.4 Å². The van der Waals surface area contributed by atoms with E-state index >= 15 is 0 Å². The first-order chi connectivity index (χ1) is 8.61. The number of rotatable bonds is 3. The predicted octanol–water partition coefficient (Wildman–Crippen LogP) is 3.81. The van der Waals surface area contributed by atoms with Crippen molar-refractivity contribution in [3.8, 4) is 0 Å². The van der Waals surface area contributed by atoms with Crippen LogP contribution in [0.25, 0.3) is 0 Å². The third kappa shape index (κ3) is 2.71. The largest absolute Gasteiger partial charge is 0.398 e. The Hall–Kier alpha value is -1.38. The minimum Gasteiger partial charge on any atom is -0.398 e. The van der Waals surface area contributed by atoms with E-state index in [1.54, 1.807) is 0 Å². The van der Waals surface area contributed by atoms with Crippen LogP contribution in [0.4, 0.5) is 10.1 Å². The molecule has 0 amide bonds. The average molecular weight is 249 g/mol. The fraction of sp³-hybridized carbons (Fsp3) is 0.533. The highest BCUT2D eigenvalue weighted by molar-refractivity contribution is 6.02. The summed E-state index contributed by atoms with van der Waals surface area (Å²) in [5.74, 6) is 0.274. The van der Waals surface area contributed by atoms with Crippen LogP contribution in [-0.4, -0.2) is 5.78 Å². The van der Waals surface area contributed by atoms with Crippen molar-refractivity contribution in [3.05, 3.63) is 29.6 Å². The number of nitrogens with two attached hydrogens (primary N) is 1. The molecular formula is C15H20FNO. The molecule has 0 saturated heterocycles. The molecule has 1 saturated carbocycles. The summed E-state index contributed by atoms with van der Waals surface area (Å²) in [5, 5.41) is 0. The molecule has 0 radical (unpaired) electrons. The fourth-order valence-electron chi connectivity index (χ4n) is 2.86. The van der Waals surface area contributed by atoms with Gasteiger partial charge in [0.25, 0.3) is 0 Å². The quantitative estimate of drug-likeness (QED) is 0.654. The minimum atomic E-state index is -0.393. The first-order valence-electron chi connectivity index (χ1n) is 6.71. The van der Waals surface area contributed by atoms with E-state index in [4.69, 9.17) is 5.73 Å². The second kappa shape index (κ2) is 5.51. The van der Waals surface area contributed by atoms with Gasteiger partial charge in [-0.15, -0.1) is 0 Å². The first kappa shape index (κ1) is 13.1. The summed E-state index contributed by atoms with van der Waals surface area (Å²) in [5.41, 5.74) is 6.52. The molecule has 2 N–H and O–H groups in total. The summed E-state index contributed by atoms with van der Waals surface area (Å²) < 4.78 is 13.2. The molecular weight excluding hydrogens is 229 g/mol. The Labute approximate surface area is 107 Å². The van der Waals surface area contributed by atoms with Gasteiger partial charge in [-0.3, -0.25) is 4.79 Å². The summed E-state index contributed by atoms with van der Waals surface area (Å²) in [4.78, 5) is 12.4. The number of benzene rings is 1. The molecule has 0 heterocycles. The van der Waals surface area contributed by atoms with Gasteiger partial charge >= 0.3 is 0 Å². The van der Waals surface area contributed by atoms with Crippen LogP contribution >= 0.6 is 0 Å². The van der Waals surface area contributed by atoms with E-state index in [1.165, 1.54) is 24.6 Å². The monoisotopic (exact) mass is 249 g/mol. The van der Waals surface area contributed by atoms with Gasteiger partial charge in [0.1, 0.15) is 5.82 Å². The zero-order valence-electron chi connectivity index (χ0n) is 10.8. The molecule has 1 aromatic carbocycles. The van der Waals surface area contributed by atoms with Crippen LogP contribution in [-0.2, 0) is 0 Å². The van der Waals surface area contributed by atoms with E-state index < -0.39 is 5.82 Å². The van der Waals surface area contributed by atoms with Crippen LogP contribution in [0.5, 0.6) is 0 Å². The maximum absolute atomic E-state index is 13.2. The Morgan fingerprint density at radius 2 is 2.22 bits per heavy atom. The van der Waals surface area contributed by atoms with Gasteiger partial charge in [-0.2, -0.15) is 0 Å². The molecule has 1 aliphatic carbocycles. The number of carbonyl (C=O) groups is 1. The highest BCUT2D eigenvalue weighted by Crippen LogP contribution is 2.34. The first-order valence-corrected chi connectivity index (χ1v) is 6.71. The van der Waals surface area contributed by atoms with Crippen LogP contribution in [0.3, 0.4) is 0 Å². The summed E-state index contributed by atoms with van der Waals surface area (Å²) >= 11 is 0. The highest BCUT2D eigenvalue weighted by Gasteiger charge is 2.28. The molecule has 0 bridgehead atoms. The summed E-state index contributed by atoms with van der Waals surface area (Å²) in [7, 11) is 0. The molecule has 2 unspecified atom stereocenters. The van der Waals surface area contributed by atoms with Gasteiger partial charge in [-0.25, -0.2) is 4.39 Å². The van der Waals surface area contributed by atoms with E-state index in [1.807, 2.05) is 0 Å². The van der Waals surface area contributed by atoms with E-state index in [-0.39, 0.29) is 11.7 Å². The van der Waals surface area contributed by atoms with Crippen LogP contribution < -0.4 is 5.73 Å². The zero-order valence-corrected chi connectivity index (χ0v) is 10.8. The second-order valence-corrected chi connectivity index (χ2v) is 5.23. The van der Waals surface area contributed by atoms with Gasteiger partial charge in [0.2, 0.25) is 0 Å². The summed E-state index contributed by atoms with van der Waals surface area (Å²) in [6.07, 6.45) is 5.24. The fourth-order valence-corrected chi connectivity index (χ4v) is 2.86. The number of carbonyl (C=O) groups excluding carboxylic acids is 1. The number of hydrogen-bond acceptors (Lipinski definition) is 2. The van der Waals surface area contributed by atoms with Crippen LogP contribution in [0, 0.1) is 17.7 Å². The molecule has 3 heteroatoms. The Morgan fingerprint density at radius 3 is 2.94 bits per heavy atom. The molecule has 98 valence electrons. The SMILES string of the molecule is CCC1CCCC(C(=O)c2cc(F)ccc2N)C1. The van der Waals surface area contributed by atoms with Crippen molar-refractivity contribution in [1.82, 2.24) is 0 Å². The standard InChI is InChI=1S/C15H20FNO/c1-2-10-4-3-5-11(8-10)15(18)13-9-12(16)6-7-14(13)17/h6-7,9-11H,2-5,8,17H2,1H3. The van der Waals surface area contributed by atoms with E-state index in [9.17, 15) is 9.18 Å². The lowest BCUT2D eigenvalue weighted by Crippen LogP contribution is -2.23. The van der Waals surface area contributed by atoms with Gasteiger partial charge in [-0.1, -0.05) is 26.2 Å². The van der Waals surface area contributed by atoms with Crippen molar-refractivity contribution in [2.45, 2.75) is 39.0 Å². The molecule has 0 spiro atoms. The summed E-state index contributed by atoms with van der Waals surface area (Å²) in [6.45, 7) is 2.16. The molecule has 1 aromatic rings. The average Bonchev–Trinajstić information content (AvgIpc) is 2.41. The van der Waals surface area contributed by atoms with E-state index in [0.717, 1.165) is 25.7 Å². The van der Waals surface area contributed by atoms with Crippen molar-refractivity contribution in [2.75, 3.05) is 5.73 Å². The third-order valence-electron chi connectivity index (χ3n) is 4.01. The van der Waals surface area contributed by atoms with Crippen molar-refractivity contribution >= 4 is 11.5 Å². The van der Waals surface area contributed by atoms with Crippen molar-refractivity contribution in [2.24, 2.45) is 11.8 Å². The number of halogens is 1. The van der Waals surface area contributed by atoms with E-state index in [0.29, 0.717) is 17.2 Å². The van der Waals surface area contributed by atoms with Gasteiger partial charge in [0, 0.05) is 17.2 Å². The second-order valence-electron chi connectivity index (χ2n) is 5.23. The molecule has 0 aliphatic heterocycles. The van der Waals surface area contributed by atoms with Crippen LogP contribution in [0.15, 0.2) is 18.2 Å². The number of Topliss-reactive ketones (excluding diaryl/α,β-unsaturated/α-hetero) is 1. The third-order valence-corrected chi connectivity index (χ3v) is 4.01. The molecule has 1 fully saturated rings. The predicted molar refractivity (Wildman–Crippen MR) is 70.9 cm³/mol. The minimum absolute atomic E-state index is 0.0187. The lowest BCUT2D eigenvalue weighted by atomic mass is 9.77. The molecule has 18 heavy (non-hydrogen) atoms. The molecule has 0 aromatic heterocycles. The molecule has 1 aliphatic rings. The zero-order chi connectivity index (χ0) is 13.1. The number of hydrogen-bond donors (Lipinski definition) is 1. The lowest BCUT2D eigenvalue weighted by Gasteiger charge is -2.27. The maximum atomic E-state index is 13.2. The smallest absolute Gasteiger partial charge is 0.168 e. The van der Waals surface area contributed by atoms with Gasteiger partial charge < -0.3 is 5.73 Å². The van der Waals surface area contributed by atoms with E-state index in [2.05, 4.69) is 6.92 Å². The van der Waals surface area contributed by atoms with Gasteiger partial charge in [-0.05, 0) is 37.0 Å². The lowest BCUT2D eigenvalue weighted by molar-refractivity contribution is 0.0862. The number of anilines is 1. The normalized spacial score (nSPS) is 23.9. The molecule has 2 rings (SSSR count). The number of ketones is 1. The maximum Gasteiger partial charge on any atom is 0.168 e. The Morgan fingerprint density at radius 1 is 1.44 bits per heavy atom. The van der Waals surface area contributed by atoms with Crippen molar-refractivity contribution in [3.63, 3.8) is 0 Å². The molecule has 2 nitrogen and oxygen atoms in total. The van der Waals surface area contributed by atoms with Crippen molar-refractivity contribution in [1.29, 1.82) is 0 Å². The Bertz CT molecular complexity index is 444. The highest BCUT2D eigenvalue weighted by atomic mass is 19.1. The van der Waals surface area contributed by atoms with Gasteiger partial charge in [0.15, 0.2) is 5.78 Å². The Balaban J connectivity index is 2.17. The summed E-state index contributed by atoms with van der Waals surface area (Å²) in [6, 6.07) is 4.04. The van der Waals surface area contributed by atoms with Gasteiger partial charge in [0.05, 0.1) is 0 Å². The van der Waals surface area contributed by atoms with Crippen LogP contribution in [0.2, 0.25) is 0 Å². The number of nitrogen functional groups attached to an aromatic ring is 1.